The Hall–Kier alpha value is -1.91. The van der Waals surface area contributed by atoms with Gasteiger partial charge in [-0.2, -0.15) is 0 Å². The number of ether oxygens (including phenoxy) is 1. The van der Waals surface area contributed by atoms with Crippen molar-refractivity contribution in [2.45, 2.75) is 18.7 Å². The molecule has 2 aromatic rings. The molecule has 5 heteroatoms. The van der Waals surface area contributed by atoms with Crippen LogP contribution in [-0.2, 0) is 9.53 Å². The summed E-state index contributed by atoms with van der Waals surface area (Å²) >= 11 is 7.75. The van der Waals surface area contributed by atoms with Gasteiger partial charge in [-0.25, -0.2) is 0 Å². The second-order valence-corrected chi connectivity index (χ2v) is 6.50. The zero-order valence-corrected chi connectivity index (χ0v) is 14.6. The van der Waals surface area contributed by atoms with Crippen molar-refractivity contribution in [1.82, 2.24) is 0 Å². The average Bonchev–Trinajstić information content (AvgIpc) is 2.54. The maximum Gasteiger partial charge on any atom is 0.303 e. The summed E-state index contributed by atoms with van der Waals surface area (Å²) in [7, 11) is 0. The van der Waals surface area contributed by atoms with Crippen molar-refractivity contribution in [3.63, 3.8) is 0 Å². The highest BCUT2D eigenvalue weighted by atomic mass is 35.5. The number of halogens is 1. The van der Waals surface area contributed by atoms with Gasteiger partial charge in [0.05, 0.1) is 10.7 Å². The van der Waals surface area contributed by atoms with E-state index in [0.29, 0.717) is 5.02 Å². The summed E-state index contributed by atoms with van der Waals surface area (Å²) in [4.78, 5) is 13.1. The Morgan fingerprint density at radius 1 is 1.09 bits per heavy atom. The van der Waals surface area contributed by atoms with E-state index in [2.05, 4.69) is 5.32 Å². The fourth-order valence-electron chi connectivity index (χ4n) is 1.85. The number of allylic oxidation sites excluding steroid dienone is 1. The van der Waals surface area contributed by atoms with Gasteiger partial charge in [0.2, 0.25) is 0 Å². The second kappa shape index (κ2) is 8.65. The lowest BCUT2D eigenvalue weighted by Gasteiger charge is -2.15. The zero-order valence-electron chi connectivity index (χ0n) is 13.0. The molecule has 0 aliphatic carbocycles. The van der Waals surface area contributed by atoms with E-state index in [1.807, 2.05) is 61.5 Å². The Balaban J connectivity index is 2.22. The van der Waals surface area contributed by atoms with Crippen LogP contribution in [0.15, 0.2) is 70.1 Å². The minimum atomic E-state index is -0.312. The standard InChI is InChI=1S/C18H18ClNO2S/c1-13(23-18-11-7-6-10-16(18)19)17(12-22-14(2)21)20-15-8-4-3-5-9-15/h3-11,20H,12H2,1-2H3/b17-13+. The largest absolute Gasteiger partial charge is 0.459 e. The number of hydrogen-bond acceptors (Lipinski definition) is 4. The summed E-state index contributed by atoms with van der Waals surface area (Å²) in [6.45, 7) is 3.56. The van der Waals surface area contributed by atoms with E-state index in [4.69, 9.17) is 16.3 Å². The molecule has 0 atom stereocenters. The number of para-hydroxylation sites is 1. The van der Waals surface area contributed by atoms with E-state index in [1.54, 1.807) is 11.8 Å². The molecular formula is C18H18ClNO2S. The number of esters is 1. The number of benzene rings is 2. The highest BCUT2D eigenvalue weighted by molar-refractivity contribution is 8.03. The van der Waals surface area contributed by atoms with Crippen molar-refractivity contribution < 1.29 is 9.53 Å². The fourth-order valence-corrected chi connectivity index (χ4v) is 2.98. The number of rotatable bonds is 6. The van der Waals surface area contributed by atoms with Gasteiger partial charge < -0.3 is 10.1 Å². The molecule has 120 valence electrons. The molecule has 1 N–H and O–H groups in total. The first-order valence-electron chi connectivity index (χ1n) is 7.14. The van der Waals surface area contributed by atoms with Crippen molar-refractivity contribution in [1.29, 1.82) is 0 Å². The number of hydrogen-bond donors (Lipinski definition) is 1. The van der Waals surface area contributed by atoms with Crippen LogP contribution in [-0.4, -0.2) is 12.6 Å². The summed E-state index contributed by atoms with van der Waals surface area (Å²) in [5, 5.41) is 4.01. The third-order valence-corrected chi connectivity index (χ3v) is 4.58. The van der Waals surface area contributed by atoms with Gasteiger partial charge in [0.25, 0.3) is 0 Å². The molecule has 0 fully saturated rings. The van der Waals surface area contributed by atoms with Crippen LogP contribution in [0.2, 0.25) is 5.02 Å². The average molecular weight is 348 g/mol. The van der Waals surface area contributed by atoms with Crippen molar-refractivity contribution in [3.05, 3.63) is 70.2 Å². The molecule has 0 spiro atoms. The Morgan fingerprint density at radius 2 is 1.74 bits per heavy atom. The molecule has 2 aromatic carbocycles. The first kappa shape index (κ1) is 17.4. The van der Waals surface area contributed by atoms with Crippen molar-refractivity contribution in [3.8, 4) is 0 Å². The third-order valence-electron chi connectivity index (χ3n) is 3.01. The molecule has 3 nitrogen and oxygen atoms in total. The van der Waals surface area contributed by atoms with Gasteiger partial charge >= 0.3 is 5.97 Å². The molecular weight excluding hydrogens is 330 g/mol. The molecule has 0 unspecified atom stereocenters. The van der Waals surface area contributed by atoms with E-state index in [-0.39, 0.29) is 12.6 Å². The molecule has 0 radical (unpaired) electrons. The lowest BCUT2D eigenvalue weighted by Crippen LogP contribution is -2.11. The Kier molecular flexibility index (Phi) is 6.56. The molecule has 0 heterocycles. The minimum absolute atomic E-state index is 0.188. The number of nitrogens with one attached hydrogen (secondary N) is 1. The Morgan fingerprint density at radius 3 is 2.39 bits per heavy atom. The molecule has 0 bridgehead atoms. The van der Waals surface area contributed by atoms with E-state index in [0.717, 1.165) is 21.2 Å². The molecule has 23 heavy (non-hydrogen) atoms. The van der Waals surface area contributed by atoms with Gasteiger partial charge in [-0.1, -0.05) is 53.7 Å². The fraction of sp³-hybridized carbons (Fsp3) is 0.167. The summed E-state index contributed by atoms with van der Waals surface area (Å²) in [6, 6.07) is 17.4. The maximum absolute atomic E-state index is 11.1. The van der Waals surface area contributed by atoms with Gasteiger partial charge in [0.1, 0.15) is 6.61 Å². The predicted molar refractivity (Wildman–Crippen MR) is 96.7 cm³/mol. The highest BCUT2D eigenvalue weighted by Gasteiger charge is 2.09. The van der Waals surface area contributed by atoms with E-state index >= 15 is 0 Å². The van der Waals surface area contributed by atoms with E-state index < -0.39 is 0 Å². The molecule has 0 amide bonds. The predicted octanol–water partition coefficient (Wildman–Crippen LogP) is 5.34. The van der Waals surface area contributed by atoms with Crippen LogP contribution >= 0.6 is 23.4 Å². The Labute approximate surface area is 145 Å². The summed E-state index contributed by atoms with van der Waals surface area (Å²) < 4.78 is 5.16. The zero-order chi connectivity index (χ0) is 16.7. The van der Waals surface area contributed by atoms with Crippen molar-refractivity contribution in [2.24, 2.45) is 0 Å². The molecule has 0 saturated carbocycles. The van der Waals surface area contributed by atoms with Crippen LogP contribution in [0.3, 0.4) is 0 Å². The normalized spacial score (nSPS) is 11.6. The molecule has 0 saturated heterocycles. The van der Waals surface area contributed by atoms with Crippen LogP contribution in [0.1, 0.15) is 13.8 Å². The summed E-state index contributed by atoms with van der Waals surface area (Å²) in [6.07, 6.45) is 0. The summed E-state index contributed by atoms with van der Waals surface area (Å²) in [5.41, 5.74) is 1.77. The lowest BCUT2D eigenvalue weighted by atomic mass is 10.3. The van der Waals surface area contributed by atoms with E-state index in [1.165, 1.54) is 6.92 Å². The first-order valence-corrected chi connectivity index (χ1v) is 8.33. The Bertz CT molecular complexity index is 701. The highest BCUT2D eigenvalue weighted by Crippen LogP contribution is 2.34. The van der Waals surface area contributed by atoms with Gasteiger partial charge in [-0.3, -0.25) is 4.79 Å². The SMILES string of the molecule is CC(=O)OC/C(Nc1ccccc1)=C(/C)Sc1ccccc1Cl. The second-order valence-electron chi connectivity index (χ2n) is 4.84. The molecule has 0 aromatic heterocycles. The van der Waals surface area contributed by atoms with Gasteiger partial charge in [0.15, 0.2) is 0 Å². The number of thioether (sulfide) groups is 1. The maximum atomic E-state index is 11.1. The van der Waals surface area contributed by atoms with Crippen LogP contribution in [0.4, 0.5) is 5.69 Å². The molecule has 0 aliphatic rings. The van der Waals surface area contributed by atoms with Crippen LogP contribution in [0.25, 0.3) is 0 Å². The topological polar surface area (TPSA) is 38.3 Å². The third kappa shape index (κ3) is 5.66. The molecule has 0 aliphatic heterocycles. The number of carbonyl (C=O) groups is 1. The lowest BCUT2D eigenvalue weighted by molar-refractivity contribution is -0.139. The smallest absolute Gasteiger partial charge is 0.303 e. The number of carbonyl (C=O) groups excluding carboxylic acids is 1. The van der Waals surface area contributed by atoms with Crippen molar-refractivity contribution in [2.75, 3.05) is 11.9 Å². The monoisotopic (exact) mass is 347 g/mol. The van der Waals surface area contributed by atoms with Crippen LogP contribution in [0.5, 0.6) is 0 Å². The molecule has 2 rings (SSSR count). The van der Waals surface area contributed by atoms with Crippen LogP contribution < -0.4 is 5.32 Å². The first-order chi connectivity index (χ1) is 11.1. The minimum Gasteiger partial charge on any atom is -0.459 e. The van der Waals surface area contributed by atoms with Gasteiger partial charge in [-0.05, 0) is 31.2 Å². The van der Waals surface area contributed by atoms with Gasteiger partial charge in [-0.15, -0.1) is 0 Å². The quantitative estimate of drug-likeness (QED) is 0.565. The van der Waals surface area contributed by atoms with Crippen molar-refractivity contribution >= 4 is 35.0 Å². The van der Waals surface area contributed by atoms with Gasteiger partial charge in [0, 0.05) is 22.4 Å². The van der Waals surface area contributed by atoms with E-state index in [9.17, 15) is 4.79 Å². The van der Waals surface area contributed by atoms with Crippen LogP contribution in [0, 0.1) is 0 Å². The summed E-state index contributed by atoms with van der Waals surface area (Å²) in [5.74, 6) is -0.312. The number of anilines is 1.